The lowest BCUT2D eigenvalue weighted by Crippen LogP contribution is -2.44. The zero-order valence-electron chi connectivity index (χ0n) is 12.1. The molecule has 0 aliphatic carbocycles. The molecule has 1 atom stereocenters. The maximum atomic E-state index is 12.3. The summed E-state index contributed by atoms with van der Waals surface area (Å²) in [7, 11) is -3.01. The molecule has 0 aliphatic heterocycles. The summed E-state index contributed by atoms with van der Waals surface area (Å²) in [4.78, 5) is 21.3. The van der Waals surface area contributed by atoms with Crippen LogP contribution in [0.15, 0.2) is 23.1 Å². The highest BCUT2D eigenvalue weighted by Gasteiger charge is 2.30. The van der Waals surface area contributed by atoms with Gasteiger partial charge in [-0.2, -0.15) is 4.72 Å². The van der Waals surface area contributed by atoms with Gasteiger partial charge in [0.15, 0.2) is 0 Å². The average molecular weight is 351 g/mol. The van der Waals surface area contributed by atoms with Crippen LogP contribution in [0.2, 0.25) is 5.02 Å². The van der Waals surface area contributed by atoms with E-state index in [-0.39, 0.29) is 15.8 Å². The Kier molecular flexibility index (Phi) is 5.86. The number of halogens is 1. The molecular weight excluding hydrogens is 336 g/mol. The van der Waals surface area contributed by atoms with Gasteiger partial charge in [0.2, 0.25) is 10.0 Å². The number of carbonyl (C=O) groups excluding carboxylic acids is 1. The highest BCUT2D eigenvalue weighted by atomic mass is 35.5. The fourth-order valence-corrected chi connectivity index (χ4v) is 3.16. The maximum absolute atomic E-state index is 12.3. The lowest BCUT2D eigenvalue weighted by Gasteiger charge is -2.19. The lowest BCUT2D eigenvalue weighted by atomic mass is 10.1. The van der Waals surface area contributed by atoms with Crippen molar-refractivity contribution in [1.82, 2.24) is 4.72 Å². The molecule has 0 unspecified atom stereocenters. The second-order valence-electron chi connectivity index (χ2n) is 4.74. The Hall–Kier alpha value is -1.71. The lowest BCUT2D eigenvalue weighted by molar-refractivity contribution is -0.384. The van der Waals surface area contributed by atoms with Crippen LogP contribution in [-0.4, -0.2) is 32.5 Å². The van der Waals surface area contributed by atoms with Crippen molar-refractivity contribution >= 4 is 33.3 Å². The molecule has 122 valence electrons. The number of nitrogens with one attached hydrogen (secondary N) is 1. The van der Waals surface area contributed by atoms with Crippen LogP contribution >= 0.6 is 11.6 Å². The maximum Gasteiger partial charge on any atom is 0.324 e. The van der Waals surface area contributed by atoms with Crippen LogP contribution in [0.4, 0.5) is 5.69 Å². The van der Waals surface area contributed by atoms with Crippen molar-refractivity contribution in [1.29, 1.82) is 0 Å². The van der Waals surface area contributed by atoms with Gasteiger partial charge in [-0.05, 0) is 18.1 Å². The number of methoxy groups -OCH3 is 1. The third-order valence-electron chi connectivity index (χ3n) is 2.83. The molecule has 0 saturated carbocycles. The van der Waals surface area contributed by atoms with Crippen molar-refractivity contribution in [3.05, 3.63) is 33.3 Å². The Morgan fingerprint density at radius 3 is 2.45 bits per heavy atom. The minimum Gasteiger partial charge on any atom is -0.468 e. The summed E-state index contributed by atoms with van der Waals surface area (Å²) >= 11 is 5.64. The fraction of sp³-hybridized carbons (Fsp3) is 0.417. The van der Waals surface area contributed by atoms with E-state index in [2.05, 4.69) is 9.46 Å². The van der Waals surface area contributed by atoms with E-state index in [9.17, 15) is 23.3 Å². The van der Waals surface area contributed by atoms with Crippen molar-refractivity contribution in [2.75, 3.05) is 7.11 Å². The van der Waals surface area contributed by atoms with E-state index >= 15 is 0 Å². The van der Waals surface area contributed by atoms with E-state index in [0.717, 1.165) is 25.3 Å². The predicted molar refractivity (Wildman–Crippen MR) is 79.1 cm³/mol. The molecular formula is C12H15ClN2O6S. The van der Waals surface area contributed by atoms with Gasteiger partial charge in [-0.15, -0.1) is 0 Å². The predicted octanol–water partition coefficient (Wildman–Crippen LogP) is 1.72. The molecule has 1 N–H and O–H groups in total. The molecule has 0 bridgehead atoms. The molecule has 1 rings (SSSR count). The number of benzene rings is 1. The van der Waals surface area contributed by atoms with Gasteiger partial charge in [0.1, 0.15) is 11.1 Å². The molecule has 0 fully saturated rings. The summed E-state index contributed by atoms with van der Waals surface area (Å²) in [5, 5.41) is 10.6. The van der Waals surface area contributed by atoms with Crippen LogP contribution in [0.1, 0.15) is 13.8 Å². The molecule has 0 saturated heterocycles. The van der Waals surface area contributed by atoms with Gasteiger partial charge in [0.25, 0.3) is 5.69 Å². The first-order valence-electron chi connectivity index (χ1n) is 6.14. The SMILES string of the molecule is COC(=O)[C@@H](NS(=O)(=O)c1ccc(Cl)c([N+](=O)[O-])c1)C(C)C. The van der Waals surface area contributed by atoms with Gasteiger partial charge < -0.3 is 4.74 Å². The van der Waals surface area contributed by atoms with Crippen LogP contribution in [0.3, 0.4) is 0 Å². The third kappa shape index (κ3) is 4.15. The van der Waals surface area contributed by atoms with Gasteiger partial charge in [0, 0.05) is 6.07 Å². The van der Waals surface area contributed by atoms with E-state index in [1.54, 1.807) is 13.8 Å². The molecule has 22 heavy (non-hydrogen) atoms. The zero-order chi connectivity index (χ0) is 17.1. The van der Waals surface area contributed by atoms with Crippen LogP contribution < -0.4 is 4.72 Å². The standard InChI is InChI=1S/C12H15ClN2O6S/c1-7(2)11(12(16)21-3)14-22(19,20)8-4-5-9(13)10(6-8)15(17)18/h4-7,11,14H,1-3H3/t11-/m0/s1. The number of nitro benzene ring substituents is 1. The van der Waals surface area contributed by atoms with E-state index in [1.807, 2.05) is 0 Å². The monoisotopic (exact) mass is 350 g/mol. The summed E-state index contributed by atoms with van der Waals surface area (Å²) in [6.45, 7) is 3.27. The van der Waals surface area contributed by atoms with Crippen LogP contribution in [0.25, 0.3) is 0 Å². The third-order valence-corrected chi connectivity index (χ3v) is 4.59. The van der Waals surface area contributed by atoms with Gasteiger partial charge in [0.05, 0.1) is 16.9 Å². The first-order chi connectivity index (χ1) is 10.1. The van der Waals surface area contributed by atoms with Crippen molar-refractivity contribution in [3.63, 3.8) is 0 Å². The number of sulfonamides is 1. The molecule has 0 aliphatic rings. The molecule has 0 aromatic heterocycles. The van der Waals surface area contributed by atoms with Crippen LogP contribution in [0, 0.1) is 16.0 Å². The van der Waals surface area contributed by atoms with Crippen LogP contribution in [-0.2, 0) is 19.6 Å². The Labute approximate surface area is 132 Å². The minimum absolute atomic E-state index is 0.183. The Balaban J connectivity index is 3.21. The Morgan fingerprint density at radius 1 is 1.41 bits per heavy atom. The molecule has 1 aromatic rings. The fourth-order valence-electron chi connectivity index (χ4n) is 1.62. The number of nitro groups is 1. The second-order valence-corrected chi connectivity index (χ2v) is 6.86. The first kappa shape index (κ1) is 18.3. The number of carbonyl (C=O) groups is 1. The number of esters is 1. The average Bonchev–Trinajstić information content (AvgIpc) is 2.43. The molecule has 8 nitrogen and oxygen atoms in total. The van der Waals surface area contributed by atoms with Crippen molar-refractivity contribution < 1.29 is 22.9 Å². The van der Waals surface area contributed by atoms with E-state index < -0.39 is 32.6 Å². The Morgan fingerprint density at radius 2 is 2.00 bits per heavy atom. The van der Waals surface area contributed by atoms with Crippen molar-refractivity contribution in [2.45, 2.75) is 24.8 Å². The van der Waals surface area contributed by atoms with Gasteiger partial charge >= 0.3 is 5.97 Å². The number of hydrogen-bond acceptors (Lipinski definition) is 6. The molecule has 0 heterocycles. The van der Waals surface area contributed by atoms with Crippen molar-refractivity contribution in [3.8, 4) is 0 Å². The van der Waals surface area contributed by atoms with Crippen LogP contribution in [0.5, 0.6) is 0 Å². The number of rotatable bonds is 6. The zero-order valence-corrected chi connectivity index (χ0v) is 13.6. The molecule has 10 heteroatoms. The number of hydrogen-bond donors (Lipinski definition) is 1. The summed E-state index contributed by atoms with van der Waals surface area (Å²) < 4.78 is 31.3. The summed E-state index contributed by atoms with van der Waals surface area (Å²) in [6.07, 6.45) is 0. The van der Waals surface area contributed by atoms with Gasteiger partial charge in [-0.1, -0.05) is 25.4 Å². The summed E-state index contributed by atoms with van der Waals surface area (Å²) in [5.41, 5.74) is -0.538. The number of nitrogens with zero attached hydrogens (tertiary/aromatic N) is 1. The van der Waals surface area contributed by atoms with E-state index in [4.69, 9.17) is 11.6 Å². The molecule has 0 radical (unpaired) electrons. The van der Waals surface area contributed by atoms with E-state index in [1.165, 1.54) is 0 Å². The Bertz CT molecular complexity index is 689. The van der Waals surface area contributed by atoms with Crippen molar-refractivity contribution in [2.24, 2.45) is 5.92 Å². The smallest absolute Gasteiger partial charge is 0.324 e. The quantitative estimate of drug-likeness (QED) is 0.474. The minimum atomic E-state index is -4.15. The molecule has 1 aromatic carbocycles. The first-order valence-corrected chi connectivity index (χ1v) is 8.00. The highest BCUT2D eigenvalue weighted by Crippen LogP contribution is 2.27. The summed E-state index contributed by atoms with van der Waals surface area (Å²) in [5.74, 6) is -1.12. The largest absolute Gasteiger partial charge is 0.468 e. The molecule has 0 spiro atoms. The highest BCUT2D eigenvalue weighted by molar-refractivity contribution is 7.89. The molecule has 0 amide bonds. The number of ether oxygens (including phenoxy) is 1. The van der Waals surface area contributed by atoms with Gasteiger partial charge in [-0.25, -0.2) is 8.42 Å². The topological polar surface area (TPSA) is 116 Å². The summed E-state index contributed by atoms with van der Waals surface area (Å²) in [6, 6.07) is 1.95. The van der Waals surface area contributed by atoms with E-state index in [0.29, 0.717) is 0 Å². The normalized spacial score (nSPS) is 13.0. The van der Waals surface area contributed by atoms with Gasteiger partial charge in [-0.3, -0.25) is 14.9 Å². The second kappa shape index (κ2) is 7.03.